The summed E-state index contributed by atoms with van der Waals surface area (Å²) in [7, 11) is 0. The van der Waals surface area contributed by atoms with Crippen LogP contribution in [0.1, 0.15) is 20.9 Å². The van der Waals surface area contributed by atoms with E-state index in [0.29, 0.717) is 0 Å². The van der Waals surface area contributed by atoms with Gasteiger partial charge in [0.25, 0.3) is 0 Å². The minimum absolute atomic E-state index is 0.0321. The summed E-state index contributed by atoms with van der Waals surface area (Å²) in [4.78, 5) is 24.6. The van der Waals surface area contributed by atoms with Gasteiger partial charge in [0.05, 0.1) is 24.1 Å². The minimum atomic E-state index is -1.55. The molecule has 0 fully saturated rings. The van der Waals surface area contributed by atoms with E-state index in [1.807, 2.05) is 0 Å². The summed E-state index contributed by atoms with van der Waals surface area (Å²) >= 11 is 0. The van der Waals surface area contributed by atoms with Crippen molar-refractivity contribution in [1.82, 2.24) is 9.78 Å². The van der Waals surface area contributed by atoms with Crippen LogP contribution in [0.15, 0.2) is 59.5 Å². The Labute approximate surface area is 135 Å². The molecule has 0 amide bonds. The van der Waals surface area contributed by atoms with E-state index in [2.05, 4.69) is 5.10 Å². The molecule has 0 spiro atoms. The van der Waals surface area contributed by atoms with Gasteiger partial charge >= 0.3 is 0 Å². The number of halogens is 1. The molecule has 0 unspecified atom stereocenters. The van der Waals surface area contributed by atoms with Gasteiger partial charge in [-0.05, 0) is 24.3 Å². The first-order chi connectivity index (χ1) is 11.6. The van der Waals surface area contributed by atoms with Crippen LogP contribution in [0.5, 0.6) is 0 Å². The van der Waals surface area contributed by atoms with Crippen molar-refractivity contribution in [3.05, 3.63) is 72.2 Å². The number of aromatic nitrogens is 2. The first kappa shape index (κ1) is 15.4. The highest BCUT2D eigenvalue weighted by Crippen LogP contribution is 2.17. The molecular formula is C17H10FN3O3. The number of para-hydroxylation sites is 1. The maximum atomic E-state index is 13.8. The first-order valence-corrected chi connectivity index (χ1v) is 6.93. The standard InChI is InChI=1S/C17H10FN3O3/c18-13-4-1-2-5-14(13)21-10-11(9-20-21)16(22)12(8-19)17(23)15-6-3-7-24-15/h1-7,9-10,12H/t12-/m0/s1. The number of nitrogens with zero attached hydrogens (tertiary/aromatic N) is 3. The smallest absolute Gasteiger partial charge is 0.222 e. The SMILES string of the molecule is N#C[C@@H](C(=O)c1cnn(-c2ccccc2F)c1)C(=O)c1ccco1. The van der Waals surface area contributed by atoms with Crippen LogP contribution < -0.4 is 0 Å². The summed E-state index contributed by atoms with van der Waals surface area (Å²) in [6.45, 7) is 0. The number of Topliss-reactive ketones (excluding diaryl/α,β-unsaturated/α-hetero) is 2. The van der Waals surface area contributed by atoms with Gasteiger partial charge < -0.3 is 4.42 Å². The van der Waals surface area contributed by atoms with Crippen molar-refractivity contribution in [2.24, 2.45) is 5.92 Å². The van der Waals surface area contributed by atoms with Gasteiger partial charge in [0.15, 0.2) is 17.5 Å². The molecule has 0 bridgehead atoms. The van der Waals surface area contributed by atoms with Gasteiger partial charge in [-0.2, -0.15) is 10.4 Å². The molecule has 3 aromatic rings. The summed E-state index contributed by atoms with van der Waals surface area (Å²) in [6.07, 6.45) is 3.75. The van der Waals surface area contributed by atoms with E-state index < -0.39 is 23.3 Å². The molecular weight excluding hydrogens is 313 g/mol. The molecule has 6 nitrogen and oxygen atoms in total. The Hall–Kier alpha value is -3.53. The van der Waals surface area contributed by atoms with Gasteiger partial charge in [-0.15, -0.1) is 0 Å². The van der Waals surface area contributed by atoms with Crippen molar-refractivity contribution in [3.8, 4) is 11.8 Å². The lowest BCUT2D eigenvalue weighted by Gasteiger charge is -2.04. The third-order valence-electron chi connectivity index (χ3n) is 3.38. The van der Waals surface area contributed by atoms with Crippen LogP contribution in [0.2, 0.25) is 0 Å². The Kier molecular flexibility index (Phi) is 4.03. The zero-order valence-electron chi connectivity index (χ0n) is 12.2. The lowest BCUT2D eigenvalue weighted by molar-refractivity contribution is 0.0829. The van der Waals surface area contributed by atoms with Gasteiger partial charge in [0.2, 0.25) is 5.78 Å². The predicted molar refractivity (Wildman–Crippen MR) is 80.0 cm³/mol. The average Bonchev–Trinajstić information content (AvgIpc) is 3.27. The highest BCUT2D eigenvalue weighted by Gasteiger charge is 2.31. The van der Waals surface area contributed by atoms with Crippen molar-refractivity contribution in [2.75, 3.05) is 0 Å². The number of hydrogen-bond acceptors (Lipinski definition) is 5. The van der Waals surface area contributed by atoms with E-state index >= 15 is 0 Å². The topological polar surface area (TPSA) is 88.9 Å². The van der Waals surface area contributed by atoms with E-state index in [1.165, 1.54) is 53.7 Å². The van der Waals surface area contributed by atoms with Crippen LogP contribution in [0.4, 0.5) is 4.39 Å². The van der Waals surface area contributed by atoms with Crippen LogP contribution >= 0.6 is 0 Å². The largest absolute Gasteiger partial charge is 0.461 e. The van der Waals surface area contributed by atoms with Crippen LogP contribution in [-0.2, 0) is 0 Å². The van der Waals surface area contributed by atoms with E-state index in [9.17, 15) is 19.2 Å². The fourth-order valence-electron chi connectivity index (χ4n) is 2.18. The van der Waals surface area contributed by atoms with E-state index in [-0.39, 0.29) is 17.0 Å². The molecule has 24 heavy (non-hydrogen) atoms. The number of furan rings is 1. The van der Waals surface area contributed by atoms with Crippen molar-refractivity contribution in [2.45, 2.75) is 0 Å². The Morgan fingerprint density at radius 2 is 2.00 bits per heavy atom. The number of rotatable bonds is 5. The number of carbonyl (C=O) groups is 2. The fourth-order valence-corrected chi connectivity index (χ4v) is 2.18. The third kappa shape index (κ3) is 2.73. The lowest BCUT2D eigenvalue weighted by atomic mass is 9.95. The first-order valence-electron chi connectivity index (χ1n) is 6.93. The lowest BCUT2D eigenvalue weighted by Crippen LogP contribution is -2.22. The summed E-state index contributed by atoms with van der Waals surface area (Å²) in [5, 5.41) is 13.1. The molecule has 0 saturated carbocycles. The molecule has 0 aliphatic rings. The van der Waals surface area contributed by atoms with Gasteiger partial charge in [0.1, 0.15) is 11.5 Å². The maximum Gasteiger partial charge on any atom is 0.222 e. The zero-order valence-corrected chi connectivity index (χ0v) is 12.2. The average molecular weight is 323 g/mol. The van der Waals surface area contributed by atoms with Crippen LogP contribution in [0, 0.1) is 23.1 Å². The number of nitriles is 1. The molecule has 118 valence electrons. The molecule has 0 radical (unpaired) electrons. The van der Waals surface area contributed by atoms with Crippen molar-refractivity contribution in [3.63, 3.8) is 0 Å². The Morgan fingerprint density at radius 1 is 1.21 bits per heavy atom. The molecule has 7 heteroatoms. The van der Waals surface area contributed by atoms with Crippen molar-refractivity contribution < 1.29 is 18.4 Å². The second-order valence-electron chi connectivity index (χ2n) is 4.89. The summed E-state index contributed by atoms with van der Waals surface area (Å²) in [5.41, 5.74) is 0.187. The molecule has 0 saturated heterocycles. The molecule has 0 N–H and O–H groups in total. The van der Waals surface area contributed by atoms with Crippen LogP contribution in [-0.4, -0.2) is 21.3 Å². The molecule has 1 aromatic carbocycles. The van der Waals surface area contributed by atoms with Crippen LogP contribution in [0.25, 0.3) is 5.69 Å². The summed E-state index contributed by atoms with van der Waals surface area (Å²) in [6, 6.07) is 10.5. The normalized spacial score (nSPS) is 11.7. The van der Waals surface area contributed by atoms with E-state index in [1.54, 1.807) is 12.1 Å². The van der Waals surface area contributed by atoms with Gasteiger partial charge in [-0.1, -0.05) is 12.1 Å². The monoisotopic (exact) mass is 323 g/mol. The maximum absolute atomic E-state index is 13.8. The number of ketones is 2. The summed E-state index contributed by atoms with van der Waals surface area (Å²) in [5.74, 6) is -3.58. The fraction of sp³-hybridized carbons (Fsp3) is 0.0588. The quantitative estimate of drug-likeness (QED) is 0.532. The number of carbonyl (C=O) groups excluding carboxylic acids is 2. The highest BCUT2D eigenvalue weighted by atomic mass is 19.1. The van der Waals surface area contributed by atoms with Crippen molar-refractivity contribution >= 4 is 11.6 Å². The molecule has 2 heterocycles. The Balaban J connectivity index is 1.89. The van der Waals surface area contributed by atoms with Crippen LogP contribution in [0.3, 0.4) is 0 Å². The Morgan fingerprint density at radius 3 is 2.67 bits per heavy atom. The van der Waals surface area contributed by atoms with Gasteiger partial charge in [-0.3, -0.25) is 9.59 Å². The molecule has 0 aliphatic carbocycles. The highest BCUT2D eigenvalue weighted by molar-refractivity contribution is 6.17. The minimum Gasteiger partial charge on any atom is -0.461 e. The summed E-state index contributed by atoms with van der Waals surface area (Å²) < 4.78 is 19.9. The number of hydrogen-bond donors (Lipinski definition) is 0. The molecule has 3 rings (SSSR count). The Bertz CT molecular complexity index is 938. The van der Waals surface area contributed by atoms with Crippen molar-refractivity contribution in [1.29, 1.82) is 5.26 Å². The van der Waals surface area contributed by atoms with Gasteiger partial charge in [0, 0.05) is 6.20 Å². The molecule has 0 aliphatic heterocycles. The molecule has 2 aromatic heterocycles. The predicted octanol–water partition coefficient (Wildman–Crippen LogP) is 2.81. The third-order valence-corrected chi connectivity index (χ3v) is 3.38. The van der Waals surface area contributed by atoms with E-state index in [4.69, 9.17) is 4.42 Å². The zero-order chi connectivity index (χ0) is 17.1. The second-order valence-corrected chi connectivity index (χ2v) is 4.89. The second kappa shape index (κ2) is 6.30. The number of benzene rings is 1. The molecule has 1 atom stereocenters. The van der Waals surface area contributed by atoms with Gasteiger partial charge in [-0.25, -0.2) is 9.07 Å². The van der Waals surface area contributed by atoms with E-state index in [0.717, 1.165) is 0 Å².